The molecule has 3 N–H and O–H groups in total. The maximum Gasteiger partial charge on any atom is 0.412 e. The highest BCUT2D eigenvalue weighted by Crippen LogP contribution is 2.40. The monoisotopic (exact) mass is 399 g/mol. The van der Waals surface area contributed by atoms with Gasteiger partial charge >= 0.3 is 6.09 Å². The first-order chi connectivity index (χ1) is 13.7. The molecule has 0 aliphatic carbocycles. The van der Waals surface area contributed by atoms with E-state index in [-0.39, 0.29) is 0 Å². The molecule has 0 radical (unpaired) electrons. The zero-order valence-electron chi connectivity index (χ0n) is 17.4. The van der Waals surface area contributed by atoms with Gasteiger partial charge in [-0.05, 0) is 49.9 Å². The van der Waals surface area contributed by atoms with Crippen LogP contribution in [-0.4, -0.2) is 34.9 Å². The van der Waals surface area contributed by atoms with Crippen LogP contribution in [0, 0.1) is 5.92 Å². The fourth-order valence-corrected chi connectivity index (χ4v) is 3.74. The van der Waals surface area contributed by atoms with Gasteiger partial charge in [0.25, 0.3) is 0 Å². The molecule has 0 unspecified atom stereocenters. The van der Waals surface area contributed by atoms with E-state index in [1.54, 1.807) is 19.2 Å². The number of amides is 1. The molecule has 0 saturated heterocycles. The molecule has 29 heavy (non-hydrogen) atoms. The van der Waals surface area contributed by atoms with E-state index in [2.05, 4.69) is 18.8 Å². The maximum atomic E-state index is 11.4. The summed E-state index contributed by atoms with van der Waals surface area (Å²) < 4.78 is 11.8. The summed E-state index contributed by atoms with van der Waals surface area (Å²) in [5.41, 5.74) is 8.74. The molecule has 2 heterocycles. The Labute approximate surface area is 171 Å². The molecule has 156 valence electrons. The van der Waals surface area contributed by atoms with Gasteiger partial charge in [0.05, 0.1) is 6.20 Å². The Balaban J connectivity index is 1.84. The van der Waals surface area contributed by atoms with Gasteiger partial charge in [0, 0.05) is 23.2 Å². The molecule has 1 aliphatic rings. The Morgan fingerprint density at radius 3 is 2.79 bits per heavy atom. The first-order valence-corrected chi connectivity index (χ1v) is 9.88. The number of ether oxygens (including phenoxy) is 2. The number of nitrogens with two attached hydrogens (primary N) is 1. The van der Waals surface area contributed by atoms with E-state index in [4.69, 9.17) is 15.2 Å². The summed E-state index contributed by atoms with van der Waals surface area (Å²) in [4.78, 5) is 16.9. The third-order valence-corrected chi connectivity index (χ3v) is 4.87. The number of nitrogens with zero attached hydrogens (tertiary/aromatic N) is 2. The fourth-order valence-electron chi connectivity index (χ4n) is 3.74. The van der Waals surface area contributed by atoms with Crippen molar-refractivity contribution in [3.63, 3.8) is 0 Å². The average Bonchev–Trinajstić information content (AvgIpc) is 2.65. The summed E-state index contributed by atoms with van der Waals surface area (Å²) in [6.07, 6.45) is 1.42. The highest BCUT2D eigenvalue weighted by Gasteiger charge is 2.24. The number of hydrogen-bond acceptors (Lipinski definition) is 5. The molecule has 7 nitrogen and oxygen atoms in total. The molecule has 1 aromatic heterocycles. The molecule has 0 bridgehead atoms. The summed E-state index contributed by atoms with van der Waals surface area (Å²) in [6.45, 7) is 9.21. The molecule has 0 saturated carbocycles. The van der Waals surface area contributed by atoms with Crippen LogP contribution in [0.1, 0.15) is 39.7 Å². The zero-order chi connectivity index (χ0) is 21.2. The number of carboxylic acid groups (broad SMARTS) is 1. The van der Waals surface area contributed by atoms with Crippen LogP contribution in [-0.2, 0) is 6.61 Å². The molecule has 1 aliphatic heterocycles. The minimum absolute atomic E-state index is 0.315. The number of fused-ring (bicyclic) bond motifs is 3. The van der Waals surface area contributed by atoms with Gasteiger partial charge in [-0.25, -0.2) is 9.78 Å². The zero-order valence-corrected chi connectivity index (χ0v) is 17.4. The lowest BCUT2D eigenvalue weighted by Gasteiger charge is -2.27. The van der Waals surface area contributed by atoms with E-state index in [1.807, 2.05) is 25.1 Å². The highest BCUT2D eigenvalue weighted by molar-refractivity contribution is 5.87. The number of benzene rings is 1. The van der Waals surface area contributed by atoms with E-state index in [0.29, 0.717) is 37.2 Å². The summed E-state index contributed by atoms with van der Waals surface area (Å²) in [5, 5.41) is 9.37. The van der Waals surface area contributed by atoms with Crippen LogP contribution in [0.4, 0.5) is 10.6 Å². The number of hydrogen-bond donors (Lipinski definition) is 2. The van der Waals surface area contributed by atoms with Gasteiger partial charge in [-0.1, -0.05) is 19.9 Å². The Kier molecular flexibility index (Phi) is 5.98. The first-order valence-electron chi connectivity index (χ1n) is 9.88. The molecular formula is C22H29N3O4. The molecule has 1 amide bonds. The van der Waals surface area contributed by atoms with Crippen molar-refractivity contribution in [1.82, 2.24) is 4.98 Å². The van der Waals surface area contributed by atoms with Crippen molar-refractivity contribution in [2.45, 2.75) is 46.3 Å². The van der Waals surface area contributed by atoms with Crippen LogP contribution >= 0.6 is 0 Å². The lowest BCUT2D eigenvalue weighted by Crippen LogP contribution is -2.43. The van der Waals surface area contributed by atoms with Crippen LogP contribution in [0.15, 0.2) is 30.5 Å². The first kappa shape index (κ1) is 20.9. The van der Waals surface area contributed by atoms with E-state index in [0.717, 1.165) is 28.9 Å². The second-order valence-corrected chi connectivity index (χ2v) is 8.21. The smallest absolute Gasteiger partial charge is 0.412 e. The van der Waals surface area contributed by atoms with Crippen molar-refractivity contribution in [1.29, 1.82) is 0 Å². The van der Waals surface area contributed by atoms with Gasteiger partial charge in [-0.15, -0.1) is 0 Å². The highest BCUT2D eigenvalue weighted by atomic mass is 16.5. The van der Waals surface area contributed by atoms with E-state index >= 15 is 0 Å². The topological polar surface area (TPSA) is 97.9 Å². The van der Waals surface area contributed by atoms with Crippen molar-refractivity contribution in [3.8, 4) is 22.6 Å². The minimum atomic E-state index is -1.04. The van der Waals surface area contributed by atoms with E-state index in [9.17, 15) is 9.90 Å². The van der Waals surface area contributed by atoms with Crippen LogP contribution in [0.5, 0.6) is 11.5 Å². The van der Waals surface area contributed by atoms with Crippen molar-refractivity contribution >= 4 is 11.9 Å². The quantitative estimate of drug-likeness (QED) is 0.721. The summed E-state index contributed by atoms with van der Waals surface area (Å²) >= 11 is 0. The Morgan fingerprint density at radius 1 is 1.38 bits per heavy atom. The molecule has 7 heteroatoms. The van der Waals surface area contributed by atoms with E-state index < -0.39 is 11.6 Å². The predicted octanol–water partition coefficient (Wildman–Crippen LogP) is 4.29. The average molecular weight is 399 g/mol. The summed E-state index contributed by atoms with van der Waals surface area (Å²) in [6, 6.07) is 7.60. The lowest BCUT2D eigenvalue weighted by atomic mass is 9.93. The van der Waals surface area contributed by atoms with Crippen LogP contribution in [0.2, 0.25) is 0 Å². The Morgan fingerprint density at radius 2 is 2.14 bits per heavy atom. The number of pyridine rings is 1. The third kappa shape index (κ3) is 4.79. The molecule has 0 fully saturated rings. The predicted molar refractivity (Wildman–Crippen MR) is 113 cm³/mol. The van der Waals surface area contributed by atoms with Gasteiger partial charge in [0.2, 0.25) is 0 Å². The summed E-state index contributed by atoms with van der Waals surface area (Å²) in [7, 11) is 0. The molecular weight excluding hydrogens is 370 g/mol. The Hall–Kier alpha value is -2.80. The number of rotatable bonds is 7. The van der Waals surface area contributed by atoms with Gasteiger partial charge in [-0.3, -0.25) is 4.90 Å². The largest absolute Gasteiger partial charge is 0.492 e. The molecule has 1 atom stereocenters. The second kappa shape index (κ2) is 8.29. The standard InChI is InChI=1S/C22H29N3O4/c1-5-25(21(26)27)20-9-18-17-7-6-16(29-13-22(4,23)10-14(2)3)8-15(17)12-28-19(18)11-24-20/h6-9,11,14H,5,10,12-13,23H2,1-4H3,(H,26,27)/t22-/m1/s1. The molecule has 3 rings (SSSR count). The second-order valence-electron chi connectivity index (χ2n) is 8.21. The lowest BCUT2D eigenvalue weighted by molar-refractivity contribution is 0.202. The Bertz CT molecular complexity index is 896. The van der Waals surface area contributed by atoms with Gasteiger partial charge in [-0.2, -0.15) is 0 Å². The van der Waals surface area contributed by atoms with Crippen molar-refractivity contribution in [3.05, 3.63) is 36.0 Å². The van der Waals surface area contributed by atoms with Crippen LogP contribution in [0.25, 0.3) is 11.1 Å². The van der Waals surface area contributed by atoms with Crippen LogP contribution in [0.3, 0.4) is 0 Å². The van der Waals surface area contributed by atoms with E-state index in [1.165, 1.54) is 4.90 Å². The van der Waals surface area contributed by atoms with Gasteiger partial charge < -0.3 is 20.3 Å². The molecule has 2 aromatic rings. The minimum Gasteiger partial charge on any atom is -0.492 e. The fraction of sp³-hybridized carbons (Fsp3) is 0.455. The third-order valence-electron chi connectivity index (χ3n) is 4.87. The van der Waals surface area contributed by atoms with Gasteiger partial charge in [0.1, 0.15) is 30.5 Å². The van der Waals surface area contributed by atoms with Crippen LogP contribution < -0.4 is 20.1 Å². The molecule has 0 spiro atoms. The number of aromatic nitrogens is 1. The van der Waals surface area contributed by atoms with Crippen molar-refractivity contribution < 1.29 is 19.4 Å². The van der Waals surface area contributed by atoms with Gasteiger partial charge in [0.15, 0.2) is 0 Å². The molecule has 1 aromatic carbocycles. The SMILES string of the molecule is CCN(C(=O)O)c1cc2c(cn1)OCc1cc(OC[C@](C)(N)CC(C)C)ccc1-2. The number of anilines is 1. The normalized spacial score (nSPS) is 14.4. The maximum absolute atomic E-state index is 11.4. The van der Waals surface area contributed by atoms with Crippen molar-refractivity contribution in [2.24, 2.45) is 11.7 Å². The summed E-state index contributed by atoms with van der Waals surface area (Å²) in [5.74, 6) is 2.26. The van der Waals surface area contributed by atoms with Crippen molar-refractivity contribution in [2.75, 3.05) is 18.1 Å². The number of carbonyl (C=O) groups is 1.